The third-order valence-electron chi connectivity index (χ3n) is 9.37. The van der Waals surface area contributed by atoms with Crippen molar-refractivity contribution in [2.24, 2.45) is 21.5 Å². The Morgan fingerprint density at radius 3 is 1.25 bits per heavy atom. The van der Waals surface area contributed by atoms with E-state index in [1.165, 1.54) is 0 Å². The summed E-state index contributed by atoms with van der Waals surface area (Å²) in [5.41, 5.74) is 35.9. The van der Waals surface area contributed by atoms with E-state index in [-0.39, 0.29) is 68.9 Å². The molecule has 24 nitrogen and oxygen atoms in total. The number of urea groups is 2. The van der Waals surface area contributed by atoms with E-state index >= 15 is 0 Å². The van der Waals surface area contributed by atoms with Crippen LogP contribution in [0.2, 0.25) is 10.3 Å². The van der Waals surface area contributed by atoms with Gasteiger partial charge in [0, 0.05) is 26.2 Å². The van der Waals surface area contributed by atoms with Crippen LogP contribution >= 0.6 is 23.2 Å². The van der Waals surface area contributed by atoms with Crippen LogP contribution in [-0.2, 0) is 12.8 Å². The van der Waals surface area contributed by atoms with E-state index < -0.39 is 11.8 Å². The number of carbonyl (C=O) groups is 4. The standard InChI is InChI=1S/C42H58Cl2N18O6/c43-31-35(47)59-33(45)29(57-31)37(63)61-39(49)51-17-3-1-7-25-9-13-27(14-10-25)67-23-21-55-41(65)53-19-5-6-20-54-42(66)56-22-24-68-28-15-11-26(12-16-28)8-2-4-18-52-40(50)62-38(64)30-34(46)60-36(48)32(44)58-30/h9-16H,1-8,17-24H2,(H4,45,47,59)(H4,46,48,60)(H2,53,55,65)(H2,54,56,66)(H3,49,51,61,63)(H3,50,52,62,64). The van der Waals surface area contributed by atoms with E-state index in [9.17, 15) is 19.2 Å². The van der Waals surface area contributed by atoms with Crippen molar-refractivity contribution in [3.63, 3.8) is 0 Å². The highest BCUT2D eigenvalue weighted by atomic mass is 35.5. The lowest BCUT2D eigenvalue weighted by Gasteiger charge is -2.11. The molecule has 6 amide bonds. The maximum atomic E-state index is 12.3. The summed E-state index contributed by atoms with van der Waals surface area (Å²) < 4.78 is 11.5. The molecule has 0 aliphatic carbocycles. The number of nitrogens with two attached hydrogens (primary N) is 6. The van der Waals surface area contributed by atoms with Crippen molar-refractivity contribution < 1.29 is 28.7 Å². The fraction of sp³-hybridized carbons (Fsp3) is 0.381. The molecule has 68 heavy (non-hydrogen) atoms. The molecular weight excluding hydrogens is 923 g/mol. The lowest BCUT2D eigenvalue weighted by Crippen LogP contribution is -2.39. The maximum Gasteiger partial charge on any atom is 0.314 e. The number of guanidine groups is 2. The molecule has 0 atom stereocenters. The highest BCUT2D eigenvalue weighted by Crippen LogP contribution is 2.19. The summed E-state index contributed by atoms with van der Waals surface area (Å²) >= 11 is 11.6. The molecule has 26 heteroatoms. The van der Waals surface area contributed by atoms with Gasteiger partial charge in [0.2, 0.25) is 0 Å². The maximum absolute atomic E-state index is 12.3. The van der Waals surface area contributed by atoms with Crippen molar-refractivity contribution in [2.75, 3.05) is 75.4 Å². The first-order valence-electron chi connectivity index (χ1n) is 21.5. The van der Waals surface area contributed by atoms with E-state index in [2.05, 4.69) is 61.8 Å². The molecule has 2 aromatic carbocycles. The molecule has 0 spiro atoms. The van der Waals surface area contributed by atoms with E-state index in [1.807, 2.05) is 48.5 Å². The number of nitrogens with one attached hydrogen (secondary N) is 6. The van der Waals surface area contributed by atoms with Gasteiger partial charge in [0.25, 0.3) is 11.8 Å². The zero-order valence-corrected chi connectivity index (χ0v) is 38.8. The van der Waals surface area contributed by atoms with Gasteiger partial charge >= 0.3 is 12.1 Å². The van der Waals surface area contributed by atoms with Gasteiger partial charge < -0.3 is 65.1 Å². The number of aliphatic imine (C=N–C) groups is 2. The molecule has 0 bridgehead atoms. The summed E-state index contributed by atoms with van der Waals surface area (Å²) in [5, 5.41) is 15.6. The summed E-state index contributed by atoms with van der Waals surface area (Å²) in [6.07, 6.45) is 6.12. The molecule has 18 N–H and O–H groups in total. The van der Waals surface area contributed by atoms with Gasteiger partial charge in [-0.3, -0.25) is 30.2 Å². The molecular formula is C42H58Cl2N18O6. The number of nitrogens with zero attached hydrogens (tertiary/aromatic N) is 6. The fourth-order valence-corrected chi connectivity index (χ4v) is 6.13. The summed E-state index contributed by atoms with van der Waals surface area (Å²) in [4.78, 5) is 72.5. The summed E-state index contributed by atoms with van der Waals surface area (Å²) in [5.74, 6) is -0.701. The molecule has 366 valence electrons. The van der Waals surface area contributed by atoms with E-state index in [0.717, 1.165) is 49.7 Å². The second-order valence-corrected chi connectivity index (χ2v) is 15.4. The number of aryl methyl sites for hydroxylation is 2. The van der Waals surface area contributed by atoms with Crippen molar-refractivity contribution in [1.29, 1.82) is 0 Å². The number of unbranched alkanes of at least 4 members (excludes halogenated alkanes) is 3. The molecule has 4 aromatic rings. The van der Waals surface area contributed by atoms with Crippen LogP contribution in [0.4, 0.5) is 32.9 Å². The third kappa shape index (κ3) is 19.5. The number of hydrogen-bond acceptors (Lipinski definition) is 16. The Morgan fingerprint density at radius 2 is 0.868 bits per heavy atom. The van der Waals surface area contributed by atoms with Crippen molar-refractivity contribution in [3.8, 4) is 11.5 Å². The van der Waals surface area contributed by atoms with Crippen molar-refractivity contribution in [2.45, 2.75) is 51.4 Å². The molecule has 2 heterocycles. The number of carbonyl (C=O) groups excluding carboxylic acids is 4. The van der Waals surface area contributed by atoms with E-state index in [0.29, 0.717) is 76.8 Å². The van der Waals surface area contributed by atoms with Gasteiger partial charge in [-0.05, 0) is 86.8 Å². The predicted octanol–water partition coefficient (Wildman–Crippen LogP) is 1.87. The Labute approximate surface area is 402 Å². The number of anilines is 4. The minimum Gasteiger partial charge on any atom is -0.492 e. The molecule has 0 fully saturated rings. The number of benzene rings is 2. The average Bonchev–Trinajstić information content (AvgIpc) is 3.30. The van der Waals surface area contributed by atoms with E-state index in [4.69, 9.17) is 67.1 Å². The summed E-state index contributed by atoms with van der Waals surface area (Å²) in [7, 11) is 0. The van der Waals surface area contributed by atoms with Crippen molar-refractivity contribution >= 4 is 82.3 Å². The number of rotatable bonds is 25. The average molecular weight is 982 g/mol. The Kier molecular flexibility index (Phi) is 22.2. The molecule has 4 rings (SSSR count). The third-order valence-corrected chi connectivity index (χ3v) is 9.92. The van der Waals surface area contributed by atoms with Gasteiger partial charge in [-0.1, -0.05) is 47.5 Å². The lowest BCUT2D eigenvalue weighted by atomic mass is 10.1. The van der Waals surface area contributed by atoms with Crippen LogP contribution in [0.5, 0.6) is 11.5 Å². The first-order valence-corrected chi connectivity index (χ1v) is 22.3. The van der Waals surface area contributed by atoms with Crippen LogP contribution in [0.1, 0.15) is 70.6 Å². The number of hydrogen-bond donors (Lipinski definition) is 12. The van der Waals surface area contributed by atoms with Crippen molar-refractivity contribution in [3.05, 3.63) is 81.4 Å². The highest BCUT2D eigenvalue weighted by Gasteiger charge is 2.18. The number of ether oxygens (including phenoxy) is 2. The van der Waals surface area contributed by atoms with E-state index in [1.54, 1.807) is 0 Å². The highest BCUT2D eigenvalue weighted by molar-refractivity contribution is 6.32. The number of amides is 6. The van der Waals surface area contributed by atoms with Gasteiger partial charge in [-0.2, -0.15) is 0 Å². The minimum absolute atomic E-state index is 0.0803. The molecule has 0 unspecified atom stereocenters. The molecule has 0 saturated heterocycles. The summed E-state index contributed by atoms with van der Waals surface area (Å²) in [6, 6.07) is 14.8. The molecule has 0 aliphatic rings. The van der Waals surface area contributed by atoms with Crippen LogP contribution < -0.4 is 75.8 Å². The van der Waals surface area contributed by atoms with Crippen LogP contribution in [0.3, 0.4) is 0 Å². The number of aromatic nitrogens is 4. The zero-order valence-electron chi connectivity index (χ0n) is 37.3. The second kappa shape index (κ2) is 28.4. The first kappa shape index (κ1) is 53.0. The minimum atomic E-state index is -0.694. The Hall–Kier alpha value is -7.60. The lowest BCUT2D eigenvalue weighted by molar-refractivity contribution is 0.0964. The van der Waals surface area contributed by atoms with Crippen LogP contribution in [0, 0.1) is 0 Å². The Morgan fingerprint density at radius 1 is 0.500 bits per heavy atom. The largest absolute Gasteiger partial charge is 0.492 e. The predicted molar refractivity (Wildman–Crippen MR) is 261 cm³/mol. The molecule has 0 radical (unpaired) electrons. The van der Waals surface area contributed by atoms with Gasteiger partial charge in [0.05, 0.1) is 13.1 Å². The van der Waals surface area contributed by atoms with Gasteiger partial charge in [-0.25, -0.2) is 29.5 Å². The SMILES string of the molecule is NC(=NCCCCc1ccc(OCCNC(=O)NCCCCNC(=O)NCCOc2ccc(CCCCN=C(N)NC(=O)c3nc(Cl)c(N)nc3N)cc2)cc1)NC(=O)c1nc(Cl)c(N)nc1N. The summed E-state index contributed by atoms with van der Waals surface area (Å²) in [6.45, 7) is 2.94. The van der Waals surface area contributed by atoms with Gasteiger partial charge in [0.1, 0.15) is 24.7 Å². The van der Waals surface area contributed by atoms with Gasteiger partial charge in [0.15, 0.2) is 56.9 Å². The second-order valence-electron chi connectivity index (χ2n) is 14.7. The molecule has 0 saturated carbocycles. The normalized spacial score (nSPS) is 11.3. The smallest absolute Gasteiger partial charge is 0.314 e. The fourth-order valence-electron chi connectivity index (χ4n) is 5.88. The number of halogens is 2. The quantitative estimate of drug-likeness (QED) is 0.0256. The zero-order chi connectivity index (χ0) is 49.3. The molecule has 2 aromatic heterocycles. The topological polar surface area (TPSA) is 391 Å². The Bertz CT molecular complexity index is 2190. The molecule has 0 aliphatic heterocycles. The Balaban J connectivity index is 0.933. The van der Waals surface area contributed by atoms with Crippen LogP contribution in [0.25, 0.3) is 0 Å². The number of nitrogen functional groups attached to an aromatic ring is 4. The van der Waals surface area contributed by atoms with Crippen LogP contribution in [-0.4, -0.2) is 108 Å². The monoisotopic (exact) mass is 980 g/mol. The first-order chi connectivity index (χ1) is 32.7. The van der Waals surface area contributed by atoms with Crippen LogP contribution in [0.15, 0.2) is 58.5 Å². The van der Waals surface area contributed by atoms with Gasteiger partial charge in [-0.15, -0.1) is 0 Å². The van der Waals surface area contributed by atoms with Crippen molar-refractivity contribution in [1.82, 2.24) is 51.8 Å².